The summed E-state index contributed by atoms with van der Waals surface area (Å²) in [4.78, 5) is 0. The summed E-state index contributed by atoms with van der Waals surface area (Å²) in [7, 11) is 0. The Morgan fingerprint density at radius 3 is 1.37 bits per heavy atom. The molecule has 0 aliphatic carbocycles. The molecule has 0 aliphatic rings. The van der Waals surface area contributed by atoms with Gasteiger partial charge < -0.3 is 0 Å². The first-order valence-corrected chi connectivity index (χ1v) is 11.8. The molecule has 0 rings (SSSR count). The highest BCUT2D eigenvalue weighted by Crippen LogP contribution is 2.22. The molecule has 0 amide bonds. The minimum Gasteiger partial charge on any atom is -0.179 e. The summed E-state index contributed by atoms with van der Waals surface area (Å²) in [6, 6.07) is 0. The van der Waals surface area contributed by atoms with Crippen LogP contribution >= 0.6 is 98.8 Å². The molecule has 0 radical (unpaired) electrons. The van der Waals surface area contributed by atoms with E-state index in [1.54, 1.807) is 0 Å². The lowest BCUT2D eigenvalue weighted by Crippen LogP contribution is -2.14. The van der Waals surface area contributed by atoms with Gasteiger partial charge in [-0.3, -0.25) is 0 Å². The third kappa shape index (κ3) is 16.9. The fourth-order valence-corrected chi connectivity index (χ4v) is 6.28. The van der Waals surface area contributed by atoms with Gasteiger partial charge in [0.25, 0.3) is 0 Å². The van der Waals surface area contributed by atoms with Crippen LogP contribution in [-0.2, 0) is 0 Å². The molecule has 0 N–H and O–H groups in total. The molecule has 0 heterocycles. The maximum absolute atomic E-state index is 9.19. The molecule has 0 nitrogen and oxygen atoms in total. The van der Waals surface area contributed by atoms with Crippen LogP contribution in [0.2, 0.25) is 0 Å². The van der Waals surface area contributed by atoms with E-state index in [-0.39, 0.29) is 0 Å². The molecule has 0 aromatic heterocycles. The number of hydrogen-bond acceptors (Lipinski definition) is 8. The van der Waals surface area contributed by atoms with Crippen molar-refractivity contribution in [1.29, 1.82) is 0 Å². The molecule has 0 aromatic rings. The van der Waals surface area contributed by atoms with Crippen LogP contribution in [0.4, 0.5) is 3.89 Å². The second-order valence-corrected chi connectivity index (χ2v) is 8.85. The second-order valence-electron chi connectivity index (χ2n) is 3.34. The van der Waals surface area contributed by atoms with Gasteiger partial charge in [-0.2, -0.15) is 89.7 Å². The summed E-state index contributed by atoms with van der Waals surface area (Å²) in [5, 5.41) is 1.32. The van der Waals surface area contributed by atoms with Gasteiger partial charge in [0.2, 0.25) is 0 Å². The van der Waals surface area contributed by atoms with Crippen molar-refractivity contribution in [2.24, 2.45) is 0 Å². The van der Waals surface area contributed by atoms with Crippen molar-refractivity contribution in [2.45, 2.75) is 10.5 Å². The molecule has 2 unspecified atom stereocenters. The molecule has 0 saturated carbocycles. The largest absolute Gasteiger partial charge is 0.179 e. The van der Waals surface area contributed by atoms with Gasteiger partial charge in [-0.25, -0.2) is 0 Å². The van der Waals surface area contributed by atoms with Gasteiger partial charge in [0, 0.05) is 58.0 Å². The molecular weight excluding hydrogens is 396 g/mol. The van der Waals surface area contributed by atoms with Gasteiger partial charge in [-0.15, -0.1) is 0 Å². The van der Waals surface area contributed by atoms with E-state index in [9.17, 15) is 3.89 Å². The normalized spacial score (nSPS) is 13.6. The number of halogens is 1. The Labute approximate surface area is 158 Å². The van der Waals surface area contributed by atoms with Gasteiger partial charge in [-0.1, -0.05) is 0 Å². The molecule has 2 atom stereocenters. The smallest absolute Gasteiger partial charge is 0.0278 e. The van der Waals surface area contributed by atoms with Crippen molar-refractivity contribution in [1.82, 2.24) is 0 Å². The lowest BCUT2D eigenvalue weighted by Gasteiger charge is -2.16. The van der Waals surface area contributed by atoms with Crippen molar-refractivity contribution in [3.05, 3.63) is 0 Å². The van der Waals surface area contributed by atoms with Gasteiger partial charge >= 0.3 is 0 Å². The van der Waals surface area contributed by atoms with Gasteiger partial charge in [0.1, 0.15) is 0 Å². The van der Waals surface area contributed by atoms with E-state index in [0.717, 1.165) is 34.5 Å². The van der Waals surface area contributed by atoms with E-state index in [2.05, 4.69) is 50.5 Å². The van der Waals surface area contributed by atoms with Crippen LogP contribution in [0.5, 0.6) is 0 Å². The first kappa shape index (κ1) is 24.0. The van der Waals surface area contributed by atoms with Crippen molar-refractivity contribution in [3.8, 4) is 0 Å². The average molecular weight is 419 g/mol. The number of thioether (sulfide) groups is 3. The Morgan fingerprint density at radius 2 is 1.11 bits per heavy atom. The standard InChI is InChI=1S/C10H22S7.FHS/c11-1-3-16-9(5-13)7-15-8-10(6-14)17-4-2-12;1-2/h9-14H,1-8H2;2H. The highest BCUT2D eigenvalue weighted by Gasteiger charge is 2.10. The second kappa shape index (κ2) is 20.7. The van der Waals surface area contributed by atoms with E-state index >= 15 is 0 Å². The van der Waals surface area contributed by atoms with Crippen LogP contribution in [0.25, 0.3) is 0 Å². The van der Waals surface area contributed by atoms with Crippen molar-refractivity contribution in [3.63, 3.8) is 0 Å². The van der Waals surface area contributed by atoms with Gasteiger partial charge in [0.05, 0.1) is 0 Å². The van der Waals surface area contributed by atoms with Crippen molar-refractivity contribution in [2.75, 3.05) is 46.0 Å². The predicted octanol–water partition coefficient (Wildman–Crippen LogP) is 4.44. The van der Waals surface area contributed by atoms with E-state index in [1.165, 1.54) is 11.5 Å². The summed E-state index contributed by atoms with van der Waals surface area (Å²) in [6.07, 6.45) is 0. The van der Waals surface area contributed by atoms with Gasteiger partial charge in [0.15, 0.2) is 0 Å². The maximum Gasteiger partial charge on any atom is 0.0278 e. The van der Waals surface area contributed by atoms with Crippen LogP contribution < -0.4 is 0 Å². The topological polar surface area (TPSA) is 0 Å². The molecule has 0 saturated heterocycles. The molecule has 9 heteroatoms. The van der Waals surface area contributed by atoms with E-state index < -0.39 is 0 Å². The highest BCUT2D eigenvalue weighted by atomic mass is 32.2. The fraction of sp³-hybridized carbons (Fsp3) is 1.00. The Bertz CT molecular complexity index is 146. The minimum absolute atomic E-state index is 0.658. The molecule has 0 aromatic carbocycles. The first-order chi connectivity index (χ1) is 9.28. The maximum atomic E-state index is 9.19. The molecular formula is C10H23FS8. The molecule has 0 spiro atoms. The summed E-state index contributed by atoms with van der Waals surface area (Å²) >= 11 is 25.3. The van der Waals surface area contributed by atoms with E-state index in [1.807, 2.05) is 48.3 Å². The molecule has 118 valence electrons. The van der Waals surface area contributed by atoms with Crippen LogP contribution in [0.1, 0.15) is 0 Å². The van der Waals surface area contributed by atoms with Crippen LogP contribution in [0, 0.1) is 0 Å². The molecule has 0 bridgehead atoms. The average Bonchev–Trinajstić information content (AvgIpc) is 2.48. The summed E-state index contributed by atoms with van der Waals surface area (Å²) in [5.41, 5.74) is 0. The quantitative estimate of drug-likeness (QED) is 0.297. The Balaban J connectivity index is 0. The summed E-state index contributed by atoms with van der Waals surface area (Å²) in [5.74, 6) is 8.45. The summed E-state index contributed by atoms with van der Waals surface area (Å²) < 4.78 is 9.19. The Morgan fingerprint density at radius 1 is 0.737 bits per heavy atom. The SMILES string of the molecule is FS.SCCSC(CS)CSCC(CS)SCCS. The zero-order valence-electron chi connectivity index (χ0n) is 10.7. The van der Waals surface area contributed by atoms with Crippen molar-refractivity contribution >= 4 is 98.8 Å². The third-order valence-electron chi connectivity index (χ3n) is 1.90. The fourth-order valence-electron chi connectivity index (χ4n) is 1.08. The lowest BCUT2D eigenvalue weighted by atomic mass is 10.5. The lowest BCUT2D eigenvalue weighted by molar-refractivity contribution is 0.957. The first-order valence-electron chi connectivity index (χ1n) is 5.69. The van der Waals surface area contributed by atoms with Crippen LogP contribution in [0.3, 0.4) is 0 Å². The summed E-state index contributed by atoms with van der Waals surface area (Å²) in [6.45, 7) is 0. The minimum atomic E-state index is 0.658. The number of thiol groups is 5. The third-order valence-corrected chi connectivity index (χ3v) is 8.52. The van der Waals surface area contributed by atoms with Gasteiger partial charge in [-0.05, 0) is 11.5 Å². The zero-order chi connectivity index (χ0) is 14.9. The predicted molar refractivity (Wildman–Crippen MR) is 115 cm³/mol. The number of hydrogen-bond donors (Lipinski definition) is 5. The van der Waals surface area contributed by atoms with Crippen molar-refractivity contribution < 1.29 is 3.89 Å². The highest BCUT2D eigenvalue weighted by molar-refractivity contribution is 8.05. The molecule has 0 fully saturated rings. The van der Waals surface area contributed by atoms with Crippen LogP contribution in [-0.4, -0.2) is 56.5 Å². The molecule has 19 heavy (non-hydrogen) atoms. The Kier molecular flexibility index (Phi) is 26.2. The monoisotopic (exact) mass is 418 g/mol. The van der Waals surface area contributed by atoms with E-state index in [0.29, 0.717) is 10.5 Å². The Hall–Kier alpha value is 2.73. The number of rotatable bonds is 12. The molecule has 0 aliphatic heterocycles. The zero-order valence-corrected chi connectivity index (χ0v) is 17.6. The van der Waals surface area contributed by atoms with E-state index in [4.69, 9.17) is 0 Å². The van der Waals surface area contributed by atoms with Crippen LogP contribution in [0.15, 0.2) is 0 Å².